The first-order chi connectivity index (χ1) is 19.3. The minimum Gasteiger partial charge on any atom is -0.455 e. The molecule has 5 aromatic carbocycles. The maximum Gasteiger partial charge on any atom is 0.145 e. The van der Waals surface area contributed by atoms with Crippen molar-refractivity contribution in [2.45, 2.75) is 25.7 Å². The van der Waals surface area contributed by atoms with Gasteiger partial charge in [-0.2, -0.15) is 0 Å². The molecule has 2 nitrogen and oxygen atoms in total. The van der Waals surface area contributed by atoms with Gasteiger partial charge in [-0.15, -0.1) is 0 Å². The van der Waals surface area contributed by atoms with Crippen molar-refractivity contribution in [1.82, 2.24) is 4.98 Å². The molecule has 0 saturated carbocycles. The van der Waals surface area contributed by atoms with Gasteiger partial charge < -0.3 is 4.42 Å². The normalized spacial score (nSPS) is 13.2. The molecule has 0 N–H and O–H groups in total. The summed E-state index contributed by atoms with van der Waals surface area (Å²) in [5.41, 5.74) is 11.5. The van der Waals surface area contributed by atoms with E-state index in [1.807, 2.05) is 6.20 Å². The molecule has 0 radical (unpaired) electrons. The van der Waals surface area contributed by atoms with Gasteiger partial charge in [0.05, 0.1) is 5.69 Å². The molecule has 0 fully saturated rings. The number of hydrogen-bond donors (Lipinski definition) is 0. The summed E-state index contributed by atoms with van der Waals surface area (Å²) in [7, 11) is 0. The fourth-order valence-electron chi connectivity index (χ4n) is 6.37. The van der Waals surface area contributed by atoms with Gasteiger partial charge in [0.15, 0.2) is 0 Å². The quantitative estimate of drug-likeness (QED) is 0.241. The fourth-order valence-corrected chi connectivity index (χ4v) is 6.37. The van der Waals surface area contributed by atoms with Crippen LogP contribution in [0.5, 0.6) is 0 Å². The second-order valence-electron chi connectivity index (χ2n) is 10.6. The van der Waals surface area contributed by atoms with E-state index in [0.29, 0.717) is 0 Å². The fraction of sp³-hybridized carbons (Fsp3) is 0.108. The lowest BCUT2D eigenvalue weighted by Gasteiger charge is -2.19. The highest BCUT2D eigenvalue weighted by Gasteiger charge is 2.22. The van der Waals surface area contributed by atoms with Gasteiger partial charge in [0.25, 0.3) is 0 Å². The van der Waals surface area contributed by atoms with E-state index in [4.69, 9.17) is 9.40 Å². The van der Waals surface area contributed by atoms with E-state index in [2.05, 4.69) is 109 Å². The molecule has 2 aromatic heterocycles. The first-order valence-electron chi connectivity index (χ1n) is 13.8. The zero-order valence-electron chi connectivity index (χ0n) is 21.7. The minimum atomic E-state index is 0.908. The highest BCUT2D eigenvalue weighted by molar-refractivity contribution is 6.17. The molecule has 0 spiro atoms. The van der Waals surface area contributed by atoms with Crippen molar-refractivity contribution in [3.8, 4) is 33.5 Å². The Morgan fingerprint density at radius 1 is 0.590 bits per heavy atom. The van der Waals surface area contributed by atoms with Crippen LogP contribution in [0.25, 0.3) is 66.2 Å². The Morgan fingerprint density at radius 3 is 2.31 bits per heavy atom. The van der Waals surface area contributed by atoms with Crippen LogP contribution in [0.15, 0.2) is 120 Å². The van der Waals surface area contributed by atoms with E-state index in [1.54, 1.807) is 0 Å². The standard InChI is InChI=1S/C37H27NO/c1-2-8-24(9-3-1)28-16-17-32-34(23-28)39-37-33(36-31-13-7-6-11-26(31)20-21-38-36)19-18-30(35(32)37)29-15-14-25-10-4-5-12-27(25)22-29/h1-5,8-10,12,14-23H,6-7,11,13H2. The first-order valence-corrected chi connectivity index (χ1v) is 13.8. The maximum absolute atomic E-state index is 6.80. The van der Waals surface area contributed by atoms with Crippen molar-refractivity contribution in [1.29, 1.82) is 0 Å². The molecule has 1 aliphatic carbocycles. The number of benzene rings is 5. The number of nitrogens with zero attached hydrogens (tertiary/aromatic N) is 1. The topological polar surface area (TPSA) is 26.0 Å². The first kappa shape index (κ1) is 22.3. The van der Waals surface area contributed by atoms with Crippen LogP contribution in [-0.4, -0.2) is 4.98 Å². The second-order valence-corrected chi connectivity index (χ2v) is 10.6. The highest BCUT2D eigenvalue weighted by atomic mass is 16.3. The summed E-state index contributed by atoms with van der Waals surface area (Å²) in [6.45, 7) is 0. The van der Waals surface area contributed by atoms with Crippen molar-refractivity contribution in [2.75, 3.05) is 0 Å². The number of rotatable bonds is 3. The van der Waals surface area contributed by atoms with E-state index in [0.717, 1.165) is 51.6 Å². The molecule has 0 bridgehead atoms. The third-order valence-corrected chi connectivity index (χ3v) is 8.32. The predicted molar refractivity (Wildman–Crippen MR) is 162 cm³/mol. The molecule has 2 heterocycles. The van der Waals surface area contributed by atoms with Crippen LogP contribution in [-0.2, 0) is 12.8 Å². The Hall–Kier alpha value is -4.69. The molecular formula is C37H27NO. The molecule has 0 unspecified atom stereocenters. The molecule has 0 atom stereocenters. The number of hydrogen-bond acceptors (Lipinski definition) is 2. The summed E-state index contributed by atoms with van der Waals surface area (Å²) in [6.07, 6.45) is 6.64. The van der Waals surface area contributed by atoms with Crippen LogP contribution in [0.1, 0.15) is 24.0 Å². The molecule has 39 heavy (non-hydrogen) atoms. The number of aromatic nitrogens is 1. The van der Waals surface area contributed by atoms with Crippen molar-refractivity contribution < 1.29 is 4.42 Å². The van der Waals surface area contributed by atoms with Gasteiger partial charge in [0.2, 0.25) is 0 Å². The van der Waals surface area contributed by atoms with E-state index in [9.17, 15) is 0 Å². The molecule has 8 rings (SSSR count). The van der Waals surface area contributed by atoms with Gasteiger partial charge >= 0.3 is 0 Å². The minimum absolute atomic E-state index is 0.908. The Balaban J connectivity index is 1.42. The molecule has 0 aliphatic heterocycles. The third-order valence-electron chi connectivity index (χ3n) is 8.32. The van der Waals surface area contributed by atoms with E-state index < -0.39 is 0 Å². The summed E-state index contributed by atoms with van der Waals surface area (Å²) in [4.78, 5) is 4.93. The highest BCUT2D eigenvalue weighted by Crippen LogP contribution is 2.44. The lowest BCUT2D eigenvalue weighted by molar-refractivity contribution is 0.668. The predicted octanol–water partition coefficient (Wildman–Crippen LogP) is 10.0. The second kappa shape index (κ2) is 8.96. The molecule has 0 amide bonds. The van der Waals surface area contributed by atoms with Crippen molar-refractivity contribution in [2.24, 2.45) is 0 Å². The lowest BCUT2D eigenvalue weighted by atomic mass is 9.87. The van der Waals surface area contributed by atoms with Crippen LogP contribution < -0.4 is 0 Å². The smallest absolute Gasteiger partial charge is 0.145 e. The van der Waals surface area contributed by atoms with Gasteiger partial charge in [-0.25, -0.2) is 0 Å². The summed E-state index contributed by atoms with van der Waals surface area (Å²) in [6, 6.07) is 39.1. The lowest BCUT2D eigenvalue weighted by Crippen LogP contribution is -2.05. The van der Waals surface area contributed by atoms with E-state index in [-0.39, 0.29) is 0 Å². The average molecular weight is 502 g/mol. The Labute approximate surface area is 227 Å². The molecule has 2 heteroatoms. The number of furan rings is 1. The molecule has 7 aromatic rings. The Kier molecular flexibility index (Phi) is 5.12. The number of fused-ring (bicyclic) bond motifs is 5. The Morgan fingerprint density at radius 2 is 1.38 bits per heavy atom. The number of pyridine rings is 1. The van der Waals surface area contributed by atoms with E-state index in [1.165, 1.54) is 51.4 Å². The van der Waals surface area contributed by atoms with Crippen molar-refractivity contribution in [3.63, 3.8) is 0 Å². The molecule has 1 aliphatic rings. The van der Waals surface area contributed by atoms with Crippen LogP contribution >= 0.6 is 0 Å². The van der Waals surface area contributed by atoms with Crippen LogP contribution in [0, 0.1) is 0 Å². The van der Waals surface area contributed by atoms with Gasteiger partial charge in [-0.3, -0.25) is 4.98 Å². The molecule has 0 saturated heterocycles. The molecule has 186 valence electrons. The zero-order chi connectivity index (χ0) is 25.8. The zero-order valence-corrected chi connectivity index (χ0v) is 21.7. The summed E-state index contributed by atoms with van der Waals surface area (Å²) >= 11 is 0. The number of aryl methyl sites for hydroxylation is 1. The monoisotopic (exact) mass is 501 g/mol. The van der Waals surface area contributed by atoms with Crippen molar-refractivity contribution >= 4 is 32.7 Å². The summed E-state index contributed by atoms with van der Waals surface area (Å²) in [5.74, 6) is 0. The van der Waals surface area contributed by atoms with Gasteiger partial charge in [0, 0.05) is 22.5 Å². The molecular weight excluding hydrogens is 474 g/mol. The van der Waals surface area contributed by atoms with Crippen LogP contribution in [0.4, 0.5) is 0 Å². The largest absolute Gasteiger partial charge is 0.455 e. The summed E-state index contributed by atoms with van der Waals surface area (Å²) < 4.78 is 6.80. The maximum atomic E-state index is 6.80. The van der Waals surface area contributed by atoms with Crippen LogP contribution in [0.2, 0.25) is 0 Å². The average Bonchev–Trinajstić information content (AvgIpc) is 3.40. The van der Waals surface area contributed by atoms with Crippen molar-refractivity contribution in [3.05, 3.63) is 127 Å². The summed E-state index contributed by atoms with van der Waals surface area (Å²) in [5, 5.41) is 4.79. The van der Waals surface area contributed by atoms with Crippen LogP contribution in [0.3, 0.4) is 0 Å². The van der Waals surface area contributed by atoms with Gasteiger partial charge in [-0.05, 0) is 100 Å². The SMILES string of the molecule is c1ccc(-c2ccc3c(c2)oc2c(-c4nccc5c4CCCC5)ccc(-c4ccc5ccccc5c4)c23)cc1. The Bertz CT molecular complexity index is 2020. The van der Waals surface area contributed by atoms with E-state index >= 15 is 0 Å². The van der Waals surface area contributed by atoms with Gasteiger partial charge in [-0.1, -0.05) is 78.9 Å². The third kappa shape index (κ3) is 3.67. The van der Waals surface area contributed by atoms with Gasteiger partial charge in [0.1, 0.15) is 11.2 Å².